The highest BCUT2D eigenvalue weighted by Gasteiger charge is 2.34. The van der Waals surface area contributed by atoms with Crippen molar-refractivity contribution in [2.24, 2.45) is 0 Å². The molecule has 5 aromatic carbocycles. The molecule has 0 aromatic heterocycles. The summed E-state index contributed by atoms with van der Waals surface area (Å²) in [6.07, 6.45) is 0.348. The lowest BCUT2D eigenvalue weighted by atomic mass is 9.97. The molecule has 11 heteroatoms. The minimum Gasteiger partial charge on any atom is -0.392 e. The summed E-state index contributed by atoms with van der Waals surface area (Å²) in [6.45, 7) is 4.20. The molecule has 2 aliphatic rings. The molecular formula is C45H49N3O7S. The lowest BCUT2D eigenvalue weighted by Crippen LogP contribution is -2.47. The van der Waals surface area contributed by atoms with E-state index in [-0.39, 0.29) is 42.8 Å². The third-order valence-corrected chi connectivity index (χ3v) is 12.0. The second-order valence-corrected chi connectivity index (χ2v) is 16.4. The van der Waals surface area contributed by atoms with Crippen molar-refractivity contribution >= 4 is 15.9 Å². The normalized spacial score (nSPS) is 20.8. The van der Waals surface area contributed by atoms with Crippen molar-refractivity contribution in [1.29, 1.82) is 0 Å². The molecule has 2 heterocycles. The number of β-amino-alcohol motifs (C(OH)–C–C–N with tert-alkyl or cyclic N) is 1. The van der Waals surface area contributed by atoms with Crippen molar-refractivity contribution in [3.63, 3.8) is 0 Å². The van der Waals surface area contributed by atoms with Crippen LogP contribution < -0.4 is 10.0 Å². The number of likely N-dealkylation sites (tertiary alicyclic amines) is 1. The first-order chi connectivity index (χ1) is 27.1. The Hall–Kier alpha value is -4.72. The molecule has 2 aliphatic heterocycles. The summed E-state index contributed by atoms with van der Waals surface area (Å²) in [5, 5.41) is 22.7. The number of aliphatic hydroxyl groups excluding tert-OH is 2. The summed E-state index contributed by atoms with van der Waals surface area (Å²) >= 11 is 0. The number of nitrogens with one attached hydrogen (secondary N) is 2. The van der Waals surface area contributed by atoms with Gasteiger partial charge in [-0.1, -0.05) is 121 Å². The molecule has 2 saturated heterocycles. The molecule has 0 bridgehead atoms. The van der Waals surface area contributed by atoms with Gasteiger partial charge in [-0.05, 0) is 65.3 Å². The van der Waals surface area contributed by atoms with Gasteiger partial charge in [0.25, 0.3) is 0 Å². The number of nitrogens with zero attached hydrogens (tertiary/aromatic N) is 1. The number of rotatable bonds is 14. The number of carbonyl (C=O) groups is 1. The molecule has 0 spiro atoms. The molecule has 5 aromatic rings. The van der Waals surface area contributed by atoms with Gasteiger partial charge < -0.3 is 25.0 Å². The maximum atomic E-state index is 13.8. The van der Waals surface area contributed by atoms with Crippen LogP contribution in [0.1, 0.15) is 58.6 Å². The topological polar surface area (TPSA) is 137 Å². The average molecular weight is 776 g/mol. The lowest BCUT2D eigenvalue weighted by Gasteiger charge is -2.38. The summed E-state index contributed by atoms with van der Waals surface area (Å²) in [4.78, 5) is 16.1. The zero-order valence-electron chi connectivity index (χ0n) is 31.5. The van der Waals surface area contributed by atoms with Gasteiger partial charge in [-0.2, -0.15) is 4.72 Å². The molecule has 2 fully saturated rings. The van der Waals surface area contributed by atoms with Crippen LogP contribution in [0, 0.1) is 6.92 Å². The van der Waals surface area contributed by atoms with E-state index in [1.165, 1.54) is 12.1 Å². The van der Waals surface area contributed by atoms with Crippen molar-refractivity contribution in [2.45, 2.75) is 74.9 Å². The smallest absolute Gasteiger partial charge is 0.241 e. The van der Waals surface area contributed by atoms with Crippen LogP contribution in [0.15, 0.2) is 132 Å². The number of amides is 1. The number of aryl methyl sites for hydroxylation is 1. The number of hydrogen-bond donors (Lipinski definition) is 4. The number of carbonyl (C=O) groups excluding carboxylic acids is 1. The SMILES string of the molecule is Cc1ccc(S(=O)(=O)N[C@H](Cc2ccccc2)C(=O)NCc2ccccc2-c2ccc([C@H]3O[C@@H](CN4CC[C@H](O)C4)C[C@@H](c4ccc(CO)cc4)O3)cc2)cc1. The van der Waals surface area contributed by atoms with Crippen LogP contribution in [0.25, 0.3) is 11.1 Å². The maximum Gasteiger partial charge on any atom is 0.241 e. The standard InChI is InChI=1S/C45H49N3O7S/c1-31-11-21-40(22-12-31)56(52,53)47-42(25-32-7-3-2-4-8-32)44(51)46-27-37-9-5-6-10-41(37)34-17-19-36(20-18-34)45-54-39(29-48-24-23-38(50)28-48)26-43(55-45)35-15-13-33(30-49)14-16-35/h2-22,38-39,42-43,45,47,49-50H,23-30H2,1H3,(H,46,51)/t38-,39+,42+,43-,45-/m0/s1. The Labute approximate surface area is 329 Å². The van der Waals surface area contributed by atoms with E-state index in [0.29, 0.717) is 19.5 Å². The number of benzene rings is 5. The summed E-state index contributed by atoms with van der Waals surface area (Å²) in [6, 6.07) is 38.5. The van der Waals surface area contributed by atoms with Gasteiger partial charge in [0.05, 0.1) is 29.8 Å². The molecule has 10 nitrogen and oxygen atoms in total. The van der Waals surface area contributed by atoms with Crippen LogP contribution in [-0.4, -0.2) is 67.3 Å². The Bertz CT molecular complexity index is 2160. The predicted octanol–water partition coefficient (Wildman–Crippen LogP) is 5.97. The Morgan fingerprint density at radius 2 is 1.54 bits per heavy atom. The molecule has 4 N–H and O–H groups in total. The monoisotopic (exact) mass is 775 g/mol. The van der Waals surface area contributed by atoms with Gasteiger partial charge in [0.2, 0.25) is 15.9 Å². The van der Waals surface area contributed by atoms with Crippen molar-refractivity contribution in [3.8, 4) is 11.1 Å². The molecule has 7 rings (SSSR count). The Morgan fingerprint density at radius 1 is 0.839 bits per heavy atom. The quantitative estimate of drug-likeness (QED) is 0.108. The first-order valence-electron chi connectivity index (χ1n) is 19.1. The molecule has 56 heavy (non-hydrogen) atoms. The van der Waals surface area contributed by atoms with Gasteiger partial charge in [0, 0.05) is 38.2 Å². The maximum absolute atomic E-state index is 13.8. The molecule has 0 unspecified atom stereocenters. The molecule has 292 valence electrons. The van der Waals surface area contributed by atoms with E-state index in [4.69, 9.17) is 9.47 Å². The fourth-order valence-electron chi connectivity index (χ4n) is 7.39. The van der Waals surface area contributed by atoms with Crippen LogP contribution in [0.3, 0.4) is 0 Å². The third-order valence-electron chi connectivity index (χ3n) is 10.5. The molecule has 0 aliphatic carbocycles. The predicted molar refractivity (Wildman–Crippen MR) is 215 cm³/mol. The zero-order valence-corrected chi connectivity index (χ0v) is 32.3. The number of aliphatic hydroxyl groups is 2. The van der Waals surface area contributed by atoms with Crippen LogP contribution in [-0.2, 0) is 43.9 Å². The fraction of sp³-hybridized carbons (Fsp3) is 0.311. The van der Waals surface area contributed by atoms with Gasteiger partial charge in [-0.3, -0.25) is 9.69 Å². The van der Waals surface area contributed by atoms with Gasteiger partial charge in [-0.15, -0.1) is 0 Å². The number of ether oxygens (including phenoxy) is 2. The molecular weight excluding hydrogens is 727 g/mol. The summed E-state index contributed by atoms with van der Waals surface area (Å²) in [5.74, 6) is -0.431. The van der Waals surface area contributed by atoms with Gasteiger partial charge in [0.1, 0.15) is 6.04 Å². The molecule has 0 radical (unpaired) electrons. The summed E-state index contributed by atoms with van der Waals surface area (Å²) < 4.78 is 42.6. The van der Waals surface area contributed by atoms with E-state index in [1.54, 1.807) is 12.1 Å². The Morgan fingerprint density at radius 3 is 2.23 bits per heavy atom. The zero-order chi connectivity index (χ0) is 39.1. The number of sulfonamides is 1. The highest BCUT2D eigenvalue weighted by Crippen LogP contribution is 2.39. The van der Waals surface area contributed by atoms with Gasteiger partial charge >= 0.3 is 0 Å². The first kappa shape index (κ1) is 39.5. The van der Waals surface area contributed by atoms with Crippen molar-refractivity contribution in [1.82, 2.24) is 14.9 Å². The minimum atomic E-state index is -3.98. The number of hydrogen-bond acceptors (Lipinski definition) is 8. The molecule has 5 atom stereocenters. The van der Waals surface area contributed by atoms with Crippen LogP contribution in [0.5, 0.6) is 0 Å². The van der Waals surface area contributed by atoms with E-state index < -0.39 is 28.3 Å². The highest BCUT2D eigenvalue weighted by molar-refractivity contribution is 7.89. The van der Waals surface area contributed by atoms with E-state index in [1.807, 2.05) is 110 Å². The van der Waals surface area contributed by atoms with E-state index in [0.717, 1.165) is 57.5 Å². The van der Waals surface area contributed by atoms with Crippen molar-refractivity contribution in [3.05, 3.63) is 161 Å². The second-order valence-electron chi connectivity index (χ2n) is 14.7. The van der Waals surface area contributed by atoms with Crippen LogP contribution in [0.2, 0.25) is 0 Å². The van der Waals surface area contributed by atoms with E-state index >= 15 is 0 Å². The summed E-state index contributed by atoms with van der Waals surface area (Å²) in [5.41, 5.74) is 7.23. The second kappa shape index (κ2) is 18.0. The fourth-order valence-corrected chi connectivity index (χ4v) is 8.59. The van der Waals surface area contributed by atoms with Gasteiger partial charge in [-0.25, -0.2) is 8.42 Å². The van der Waals surface area contributed by atoms with Crippen molar-refractivity contribution in [2.75, 3.05) is 19.6 Å². The van der Waals surface area contributed by atoms with Crippen LogP contribution in [0.4, 0.5) is 0 Å². The Kier molecular flexibility index (Phi) is 12.7. The first-order valence-corrected chi connectivity index (χ1v) is 20.6. The molecule has 1 amide bonds. The van der Waals surface area contributed by atoms with E-state index in [9.17, 15) is 23.4 Å². The largest absolute Gasteiger partial charge is 0.392 e. The van der Waals surface area contributed by atoms with E-state index in [2.05, 4.69) is 14.9 Å². The van der Waals surface area contributed by atoms with Crippen LogP contribution >= 0.6 is 0 Å². The van der Waals surface area contributed by atoms with Gasteiger partial charge in [0.15, 0.2) is 6.29 Å². The highest BCUT2D eigenvalue weighted by atomic mass is 32.2. The van der Waals surface area contributed by atoms with Crippen molar-refractivity contribution < 1.29 is 32.9 Å². The lowest BCUT2D eigenvalue weighted by molar-refractivity contribution is -0.252. The minimum absolute atomic E-state index is 0.0237. The Balaban J connectivity index is 1.06. The molecule has 0 saturated carbocycles. The third kappa shape index (κ3) is 9.98. The summed E-state index contributed by atoms with van der Waals surface area (Å²) in [7, 11) is -3.98. The average Bonchev–Trinajstić information content (AvgIpc) is 3.64.